The van der Waals surface area contributed by atoms with Crippen molar-refractivity contribution in [2.24, 2.45) is 0 Å². The van der Waals surface area contributed by atoms with Gasteiger partial charge in [0.05, 0.1) is 11.4 Å². The first-order valence-electron chi connectivity index (χ1n) is 9.90. The highest BCUT2D eigenvalue weighted by Crippen LogP contribution is 2.37. The Labute approximate surface area is 169 Å². The summed E-state index contributed by atoms with van der Waals surface area (Å²) in [6.07, 6.45) is 7.90. The van der Waals surface area contributed by atoms with Crippen LogP contribution in [-0.2, 0) is 4.74 Å². The van der Waals surface area contributed by atoms with Crippen LogP contribution in [0.5, 0.6) is 0 Å². The standard InChI is InChI=1S/C21H24N6O2/c1-13-18(6-4-16(10-22)25-13)26-19-23-11-15(12-24-19)14-3-5-17(9-14)29-20(28)27-21(2)7-8-21/h4,6,11-12,14,17H,3,5,7-9H2,1-2H3,(H,27,28)(H,23,24,26)/t14-,17+/m1/s1. The summed E-state index contributed by atoms with van der Waals surface area (Å²) in [4.78, 5) is 25.0. The molecule has 2 aliphatic rings. The number of amides is 1. The van der Waals surface area contributed by atoms with Gasteiger partial charge in [0, 0.05) is 17.9 Å². The SMILES string of the molecule is Cc1nc(C#N)ccc1Nc1ncc([C@@H]2CC[C@H](OC(=O)NC3(C)CC3)C2)cn1. The fourth-order valence-electron chi connectivity index (χ4n) is 3.58. The summed E-state index contributed by atoms with van der Waals surface area (Å²) in [5.74, 6) is 0.767. The molecule has 0 saturated heterocycles. The summed E-state index contributed by atoms with van der Waals surface area (Å²) in [5, 5.41) is 15.0. The number of nitrogens with zero attached hydrogens (tertiary/aromatic N) is 4. The zero-order chi connectivity index (χ0) is 20.4. The number of aryl methyl sites for hydroxylation is 1. The minimum Gasteiger partial charge on any atom is -0.446 e. The smallest absolute Gasteiger partial charge is 0.407 e. The van der Waals surface area contributed by atoms with Gasteiger partial charge in [0.2, 0.25) is 5.95 Å². The molecule has 2 aromatic heterocycles. The van der Waals surface area contributed by atoms with Gasteiger partial charge in [-0.3, -0.25) is 0 Å². The molecular formula is C21H24N6O2. The van der Waals surface area contributed by atoms with Gasteiger partial charge in [-0.2, -0.15) is 5.26 Å². The minimum absolute atomic E-state index is 0.0609. The van der Waals surface area contributed by atoms with Crippen LogP contribution in [0.25, 0.3) is 0 Å². The Hall–Kier alpha value is -3.21. The Morgan fingerprint density at radius 3 is 2.69 bits per heavy atom. The summed E-state index contributed by atoms with van der Waals surface area (Å²) in [6, 6.07) is 5.47. The van der Waals surface area contributed by atoms with E-state index in [0.717, 1.165) is 43.4 Å². The molecular weight excluding hydrogens is 368 g/mol. The third-order valence-corrected chi connectivity index (χ3v) is 5.65. The van der Waals surface area contributed by atoms with Crippen LogP contribution in [0.4, 0.5) is 16.4 Å². The molecule has 29 heavy (non-hydrogen) atoms. The molecule has 2 atom stereocenters. The van der Waals surface area contributed by atoms with Crippen molar-refractivity contribution in [1.29, 1.82) is 5.26 Å². The van der Waals surface area contributed by atoms with Crippen molar-refractivity contribution in [3.05, 3.63) is 41.5 Å². The molecule has 8 nitrogen and oxygen atoms in total. The molecule has 0 radical (unpaired) electrons. The van der Waals surface area contributed by atoms with Crippen LogP contribution >= 0.6 is 0 Å². The maximum Gasteiger partial charge on any atom is 0.407 e. The number of hydrogen-bond acceptors (Lipinski definition) is 7. The van der Waals surface area contributed by atoms with Crippen molar-refractivity contribution in [3.63, 3.8) is 0 Å². The number of anilines is 2. The summed E-state index contributed by atoms with van der Waals surface area (Å²) >= 11 is 0. The first-order chi connectivity index (χ1) is 13.9. The second kappa shape index (κ2) is 7.66. The lowest BCUT2D eigenvalue weighted by Gasteiger charge is -2.16. The number of pyridine rings is 1. The van der Waals surface area contributed by atoms with Gasteiger partial charge in [0.25, 0.3) is 0 Å². The van der Waals surface area contributed by atoms with Gasteiger partial charge in [-0.25, -0.2) is 19.7 Å². The molecule has 1 amide bonds. The first-order valence-corrected chi connectivity index (χ1v) is 9.90. The van der Waals surface area contributed by atoms with Crippen molar-refractivity contribution in [2.75, 3.05) is 5.32 Å². The monoisotopic (exact) mass is 392 g/mol. The second-order valence-electron chi connectivity index (χ2n) is 8.13. The summed E-state index contributed by atoms with van der Waals surface area (Å²) in [5.41, 5.74) is 2.84. The van der Waals surface area contributed by atoms with E-state index >= 15 is 0 Å². The molecule has 2 N–H and O–H groups in total. The molecule has 0 spiro atoms. The van der Waals surface area contributed by atoms with Gasteiger partial charge in [-0.05, 0) is 69.6 Å². The molecule has 2 saturated carbocycles. The lowest BCUT2D eigenvalue weighted by atomic mass is 10.0. The highest BCUT2D eigenvalue weighted by atomic mass is 16.6. The van der Waals surface area contributed by atoms with Gasteiger partial charge in [0.1, 0.15) is 17.9 Å². The van der Waals surface area contributed by atoms with E-state index in [4.69, 9.17) is 10.00 Å². The van der Waals surface area contributed by atoms with Crippen LogP contribution in [0.3, 0.4) is 0 Å². The van der Waals surface area contributed by atoms with Gasteiger partial charge < -0.3 is 15.4 Å². The van der Waals surface area contributed by atoms with Crippen LogP contribution in [-0.4, -0.2) is 32.7 Å². The molecule has 0 unspecified atom stereocenters. The Kier molecular flexibility index (Phi) is 5.05. The number of hydrogen-bond donors (Lipinski definition) is 2. The van der Waals surface area contributed by atoms with Crippen LogP contribution in [0, 0.1) is 18.3 Å². The van der Waals surface area contributed by atoms with E-state index in [9.17, 15) is 4.79 Å². The van der Waals surface area contributed by atoms with Crippen molar-refractivity contribution in [1.82, 2.24) is 20.3 Å². The number of rotatable bonds is 5. The van der Waals surface area contributed by atoms with E-state index in [2.05, 4.69) is 25.6 Å². The van der Waals surface area contributed by atoms with Gasteiger partial charge in [0.15, 0.2) is 0 Å². The topological polar surface area (TPSA) is 113 Å². The van der Waals surface area contributed by atoms with E-state index in [1.165, 1.54) is 0 Å². The molecule has 2 aromatic rings. The van der Waals surface area contributed by atoms with Gasteiger partial charge in [-0.1, -0.05) is 0 Å². The Balaban J connectivity index is 1.32. The Morgan fingerprint density at radius 2 is 2.03 bits per heavy atom. The number of ether oxygens (including phenoxy) is 1. The fraction of sp³-hybridized carbons (Fsp3) is 0.476. The van der Waals surface area contributed by atoms with Crippen molar-refractivity contribution in [3.8, 4) is 6.07 Å². The average molecular weight is 392 g/mol. The average Bonchev–Trinajstić information content (AvgIpc) is 3.24. The van der Waals surface area contributed by atoms with Crippen LogP contribution in [0.15, 0.2) is 24.5 Å². The number of alkyl carbamates (subject to hydrolysis) is 1. The largest absolute Gasteiger partial charge is 0.446 e. The highest BCUT2D eigenvalue weighted by Gasteiger charge is 2.40. The quantitative estimate of drug-likeness (QED) is 0.797. The highest BCUT2D eigenvalue weighted by molar-refractivity contribution is 5.69. The lowest BCUT2D eigenvalue weighted by Crippen LogP contribution is -2.36. The minimum atomic E-state index is -0.308. The summed E-state index contributed by atoms with van der Waals surface area (Å²) < 4.78 is 5.58. The number of aromatic nitrogens is 3. The summed E-state index contributed by atoms with van der Waals surface area (Å²) in [7, 11) is 0. The molecule has 0 aliphatic heterocycles. The van der Waals surface area contributed by atoms with Gasteiger partial charge >= 0.3 is 6.09 Å². The molecule has 150 valence electrons. The zero-order valence-electron chi connectivity index (χ0n) is 16.6. The molecule has 2 fully saturated rings. The summed E-state index contributed by atoms with van der Waals surface area (Å²) in [6.45, 7) is 3.87. The van der Waals surface area contributed by atoms with Crippen molar-refractivity contribution in [2.45, 2.75) is 63.5 Å². The third kappa shape index (κ3) is 4.62. The third-order valence-electron chi connectivity index (χ3n) is 5.65. The Morgan fingerprint density at radius 1 is 1.28 bits per heavy atom. The normalized spacial score (nSPS) is 21.8. The predicted octanol–water partition coefficient (Wildman–Crippen LogP) is 3.71. The van der Waals surface area contributed by atoms with E-state index < -0.39 is 0 Å². The lowest BCUT2D eigenvalue weighted by molar-refractivity contribution is 0.0967. The zero-order valence-corrected chi connectivity index (χ0v) is 16.6. The maximum atomic E-state index is 12.0. The van der Waals surface area contributed by atoms with Crippen LogP contribution < -0.4 is 10.6 Å². The number of carbonyl (C=O) groups is 1. The number of nitriles is 1. The molecule has 2 heterocycles. The van der Waals surface area contributed by atoms with Crippen LogP contribution in [0.1, 0.15) is 61.9 Å². The van der Waals surface area contributed by atoms with E-state index in [1.807, 2.05) is 32.3 Å². The maximum absolute atomic E-state index is 12.0. The second-order valence-corrected chi connectivity index (χ2v) is 8.13. The number of nitrogens with one attached hydrogen (secondary N) is 2. The molecule has 2 aliphatic carbocycles. The van der Waals surface area contributed by atoms with Gasteiger partial charge in [-0.15, -0.1) is 0 Å². The van der Waals surface area contributed by atoms with Crippen LogP contribution in [0.2, 0.25) is 0 Å². The molecule has 0 aromatic carbocycles. The number of carbonyl (C=O) groups excluding carboxylic acids is 1. The molecule has 8 heteroatoms. The molecule has 0 bridgehead atoms. The fourth-order valence-corrected chi connectivity index (χ4v) is 3.58. The van der Waals surface area contributed by atoms with Crippen molar-refractivity contribution < 1.29 is 9.53 Å². The van der Waals surface area contributed by atoms with E-state index in [0.29, 0.717) is 17.3 Å². The Bertz CT molecular complexity index is 949. The van der Waals surface area contributed by atoms with E-state index in [1.54, 1.807) is 12.1 Å². The van der Waals surface area contributed by atoms with E-state index in [-0.39, 0.29) is 23.7 Å². The van der Waals surface area contributed by atoms with Crippen molar-refractivity contribution >= 4 is 17.7 Å². The first kappa shape index (κ1) is 19.1. The predicted molar refractivity (Wildman–Crippen MR) is 107 cm³/mol. The molecule has 4 rings (SSSR count).